The van der Waals surface area contributed by atoms with Gasteiger partial charge in [-0.15, -0.1) is 21.5 Å². The van der Waals surface area contributed by atoms with E-state index in [1.807, 2.05) is 0 Å². The molecule has 0 unspecified atom stereocenters. The number of rotatable bonds is 10. The van der Waals surface area contributed by atoms with Crippen LogP contribution in [0.25, 0.3) is 11.4 Å². The largest absolute Gasteiger partial charge is 0.493 e. The van der Waals surface area contributed by atoms with Gasteiger partial charge in [0.2, 0.25) is 11.7 Å². The number of hydrogen-bond acceptors (Lipinski definition) is 11. The van der Waals surface area contributed by atoms with Gasteiger partial charge < -0.3 is 33.7 Å². The van der Waals surface area contributed by atoms with E-state index in [9.17, 15) is 14.4 Å². The average molecular weight is 564 g/mol. The molecular weight excluding hydrogens is 534 g/mol. The molecule has 0 aliphatic carbocycles. The lowest BCUT2D eigenvalue weighted by Crippen LogP contribution is -2.21. The van der Waals surface area contributed by atoms with E-state index in [0.717, 1.165) is 23.1 Å². The Kier molecular flexibility index (Phi) is 9.22. The lowest BCUT2D eigenvalue weighted by Gasteiger charge is -2.14. The van der Waals surface area contributed by atoms with Crippen LogP contribution >= 0.6 is 23.1 Å². The minimum absolute atomic E-state index is 0.0181. The number of thioether (sulfide) groups is 1. The maximum atomic E-state index is 12.8. The lowest BCUT2D eigenvalue weighted by atomic mass is 10.1. The van der Waals surface area contributed by atoms with Crippen LogP contribution in [0.2, 0.25) is 0 Å². The molecule has 204 valence electrons. The van der Waals surface area contributed by atoms with Crippen LogP contribution in [0.5, 0.6) is 17.2 Å². The highest BCUT2D eigenvalue weighted by Crippen LogP contribution is 2.41. The summed E-state index contributed by atoms with van der Waals surface area (Å²) >= 11 is 2.19. The van der Waals surface area contributed by atoms with E-state index in [-0.39, 0.29) is 28.1 Å². The van der Waals surface area contributed by atoms with E-state index < -0.39 is 5.97 Å². The Balaban J connectivity index is 1.80. The van der Waals surface area contributed by atoms with Gasteiger partial charge in [0.15, 0.2) is 22.5 Å². The van der Waals surface area contributed by atoms with Crippen molar-refractivity contribution in [3.8, 4) is 28.6 Å². The average Bonchev–Trinajstić information content (AvgIpc) is 3.43. The van der Waals surface area contributed by atoms with Gasteiger partial charge in [0.05, 0.1) is 44.6 Å². The first-order valence-electron chi connectivity index (χ1n) is 11.1. The molecule has 1 aromatic carbocycles. The molecular formula is C24H29N5O7S2. The van der Waals surface area contributed by atoms with Gasteiger partial charge in [-0.2, -0.15) is 0 Å². The number of nitrogens with one attached hydrogen (secondary N) is 1. The van der Waals surface area contributed by atoms with Crippen LogP contribution in [0.1, 0.15) is 25.6 Å². The van der Waals surface area contributed by atoms with Gasteiger partial charge >= 0.3 is 5.97 Å². The van der Waals surface area contributed by atoms with Crippen LogP contribution in [-0.2, 0) is 16.6 Å². The van der Waals surface area contributed by atoms with Gasteiger partial charge in [-0.1, -0.05) is 11.8 Å². The number of ether oxygens (including phenoxy) is 4. The summed E-state index contributed by atoms with van der Waals surface area (Å²) in [5.74, 6) is 0.613. The molecule has 0 fully saturated rings. The van der Waals surface area contributed by atoms with Crippen LogP contribution in [0, 0.1) is 6.92 Å². The third-order valence-electron chi connectivity index (χ3n) is 5.48. The molecule has 0 saturated carbocycles. The second kappa shape index (κ2) is 12.2. The topological polar surface area (TPSA) is 134 Å². The summed E-state index contributed by atoms with van der Waals surface area (Å²) in [4.78, 5) is 39.5. The molecule has 0 atom stereocenters. The number of esters is 1. The lowest BCUT2D eigenvalue weighted by molar-refractivity contribution is -0.113. The third-order valence-corrected chi connectivity index (χ3v) is 7.70. The summed E-state index contributed by atoms with van der Waals surface area (Å²) < 4.78 is 22.8. The zero-order valence-corrected chi connectivity index (χ0v) is 24.0. The zero-order chi connectivity index (χ0) is 28.1. The first-order valence-corrected chi connectivity index (χ1v) is 12.9. The second-order valence-electron chi connectivity index (χ2n) is 8.07. The number of benzene rings is 1. The van der Waals surface area contributed by atoms with E-state index in [1.165, 1.54) is 33.3 Å². The van der Waals surface area contributed by atoms with Crippen LogP contribution in [0.15, 0.2) is 17.3 Å². The molecule has 3 aromatic rings. The Morgan fingerprint density at radius 3 is 2.21 bits per heavy atom. The van der Waals surface area contributed by atoms with Crippen molar-refractivity contribution >= 4 is 45.9 Å². The SMILES string of the molecule is COC(=O)c1c(NC(=O)CSc2nnc(-c3cc(OC)c(OC)c(OC)c3)n2C)sc(C(=O)N(C)C)c1C. The van der Waals surface area contributed by atoms with Crippen molar-refractivity contribution in [2.75, 3.05) is 53.6 Å². The predicted octanol–water partition coefficient (Wildman–Crippen LogP) is 3.10. The van der Waals surface area contributed by atoms with Gasteiger partial charge in [-0.3, -0.25) is 9.59 Å². The monoisotopic (exact) mass is 563 g/mol. The number of carbonyl (C=O) groups is 3. The molecule has 0 aliphatic rings. The van der Waals surface area contributed by atoms with E-state index >= 15 is 0 Å². The Hall–Kier alpha value is -3.78. The van der Waals surface area contributed by atoms with Gasteiger partial charge in [-0.25, -0.2) is 4.79 Å². The number of aromatic nitrogens is 3. The standard InChI is InChI=1S/C24H29N5O7S2/c1-12-17(23(32)36-8)21(38-19(12)22(31)28(2)3)25-16(30)11-37-24-27-26-20(29(24)4)13-9-14(33-5)18(35-7)15(10-13)34-6/h9-10H,11H2,1-8H3,(H,25,30). The predicted molar refractivity (Wildman–Crippen MR) is 144 cm³/mol. The fraction of sp³-hybridized carbons (Fsp3) is 0.375. The van der Waals surface area contributed by atoms with Crippen molar-refractivity contribution in [1.29, 1.82) is 0 Å². The number of nitrogens with zero attached hydrogens (tertiary/aromatic N) is 4. The quantitative estimate of drug-likeness (QED) is 0.290. The molecule has 0 bridgehead atoms. The molecule has 38 heavy (non-hydrogen) atoms. The molecule has 3 rings (SSSR count). The number of carbonyl (C=O) groups excluding carboxylic acids is 3. The van der Waals surface area contributed by atoms with Crippen molar-refractivity contribution in [2.24, 2.45) is 7.05 Å². The summed E-state index contributed by atoms with van der Waals surface area (Å²) in [5.41, 5.74) is 1.29. The Bertz CT molecular complexity index is 1340. The molecule has 14 heteroatoms. The summed E-state index contributed by atoms with van der Waals surface area (Å²) in [6.07, 6.45) is 0. The molecule has 1 N–H and O–H groups in total. The molecule has 2 amide bonds. The van der Waals surface area contributed by atoms with Crippen molar-refractivity contribution < 1.29 is 33.3 Å². The first kappa shape index (κ1) is 28.8. The maximum Gasteiger partial charge on any atom is 0.341 e. The molecule has 0 spiro atoms. The van der Waals surface area contributed by atoms with Gasteiger partial charge in [0.25, 0.3) is 5.91 Å². The van der Waals surface area contributed by atoms with Crippen molar-refractivity contribution in [3.05, 3.63) is 28.1 Å². The van der Waals surface area contributed by atoms with Gasteiger partial charge in [-0.05, 0) is 24.6 Å². The molecule has 2 heterocycles. The van der Waals surface area contributed by atoms with E-state index in [4.69, 9.17) is 18.9 Å². The van der Waals surface area contributed by atoms with Crippen LogP contribution in [0.3, 0.4) is 0 Å². The summed E-state index contributed by atoms with van der Waals surface area (Å²) in [6, 6.07) is 3.51. The maximum absolute atomic E-state index is 12.8. The Labute approximate surface area is 228 Å². The summed E-state index contributed by atoms with van der Waals surface area (Å²) in [6.45, 7) is 1.65. The minimum Gasteiger partial charge on any atom is -0.493 e. The van der Waals surface area contributed by atoms with Gasteiger partial charge in [0.1, 0.15) is 5.00 Å². The van der Waals surface area contributed by atoms with Crippen LogP contribution in [-0.4, -0.2) is 85.7 Å². The highest BCUT2D eigenvalue weighted by atomic mass is 32.2. The number of hydrogen-bond donors (Lipinski definition) is 1. The summed E-state index contributed by atoms with van der Waals surface area (Å²) in [5, 5.41) is 11.9. The highest BCUT2D eigenvalue weighted by molar-refractivity contribution is 7.99. The van der Waals surface area contributed by atoms with Crippen LogP contribution in [0.4, 0.5) is 5.00 Å². The molecule has 0 aliphatic heterocycles. The molecule has 0 saturated heterocycles. The number of anilines is 1. The third kappa shape index (κ3) is 5.70. The normalized spacial score (nSPS) is 10.6. The minimum atomic E-state index is -0.636. The van der Waals surface area contributed by atoms with Crippen LogP contribution < -0.4 is 19.5 Å². The van der Waals surface area contributed by atoms with E-state index in [0.29, 0.717) is 44.2 Å². The Morgan fingerprint density at radius 2 is 1.68 bits per heavy atom. The number of amides is 2. The molecule has 2 aromatic heterocycles. The number of thiophene rings is 1. The fourth-order valence-electron chi connectivity index (χ4n) is 3.55. The smallest absolute Gasteiger partial charge is 0.341 e. The first-order chi connectivity index (χ1) is 18.1. The zero-order valence-electron chi connectivity index (χ0n) is 22.3. The fourth-order valence-corrected chi connectivity index (χ4v) is 5.50. The second-order valence-corrected chi connectivity index (χ2v) is 10.0. The van der Waals surface area contributed by atoms with Gasteiger partial charge in [0, 0.05) is 26.7 Å². The number of methoxy groups -OCH3 is 4. The van der Waals surface area contributed by atoms with E-state index in [2.05, 4.69) is 15.5 Å². The summed E-state index contributed by atoms with van der Waals surface area (Å²) in [7, 11) is 10.8. The van der Waals surface area contributed by atoms with Crippen molar-refractivity contribution in [1.82, 2.24) is 19.7 Å². The molecule has 12 nitrogen and oxygen atoms in total. The highest BCUT2D eigenvalue weighted by Gasteiger charge is 2.27. The Morgan fingerprint density at radius 1 is 1.05 bits per heavy atom. The van der Waals surface area contributed by atoms with Crippen molar-refractivity contribution in [3.63, 3.8) is 0 Å². The molecule has 0 radical (unpaired) electrons. The van der Waals surface area contributed by atoms with E-state index in [1.54, 1.807) is 44.8 Å². The van der Waals surface area contributed by atoms with Crippen molar-refractivity contribution in [2.45, 2.75) is 12.1 Å².